The summed E-state index contributed by atoms with van der Waals surface area (Å²) in [6.45, 7) is 5.44. The molecule has 0 atom stereocenters. The summed E-state index contributed by atoms with van der Waals surface area (Å²) in [4.78, 5) is 19.2. The third kappa shape index (κ3) is 4.79. The van der Waals surface area contributed by atoms with Gasteiger partial charge in [0.2, 0.25) is 0 Å². The molecule has 0 aliphatic carbocycles. The number of amides is 1. The second kappa shape index (κ2) is 8.62. The summed E-state index contributed by atoms with van der Waals surface area (Å²) < 4.78 is 5.84. The summed E-state index contributed by atoms with van der Waals surface area (Å²) in [7, 11) is 0. The number of ether oxygens (including phenoxy) is 1. The molecule has 0 saturated carbocycles. The third-order valence-electron chi connectivity index (χ3n) is 4.46. The van der Waals surface area contributed by atoms with Gasteiger partial charge in [0.25, 0.3) is 5.91 Å². The molecule has 1 aromatic carbocycles. The van der Waals surface area contributed by atoms with E-state index in [2.05, 4.69) is 22.1 Å². The Bertz CT molecular complexity index is 682. The Hall–Kier alpha value is -2.40. The van der Waals surface area contributed by atoms with Crippen molar-refractivity contribution in [2.24, 2.45) is 0 Å². The van der Waals surface area contributed by atoms with Crippen LogP contribution < -0.4 is 10.1 Å². The highest BCUT2D eigenvalue weighted by molar-refractivity contribution is 5.97. The highest BCUT2D eigenvalue weighted by atomic mass is 16.5. The molecule has 1 aliphatic heterocycles. The summed E-state index contributed by atoms with van der Waals surface area (Å²) in [6.07, 6.45) is 6.50. The molecule has 3 rings (SSSR count). The van der Waals surface area contributed by atoms with Gasteiger partial charge in [0.15, 0.2) is 0 Å². The van der Waals surface area contributed by atoms with E-state index in [-0.39, 0.29) is 11.9 Å². The molecule has 132 valence electrons. The number of hydrogen-bond donors (Lipinski definition) is 1. The maximum atomic E-state index is 12.7. The Morgan fingerprint density at radius 1 is 1.24 bits per heavy atom. The van der Waals surface area contributed by atoms with Gasteiger partial charge in [-0.3, -0.25) is 9.78 Å². The average molecular weight is 339 g/mol. The predicted molar refractivity (Wildman–Crippen MR) is 98.0 cm³/mol. The largest absolute Gasteiger partial charge is 0.455 e. The van der Waals surface area contributed by atoms with Gasteiger partial charge in [-0.05, 0) is 50.1 Å². The SMILES string of the molecule is CCCN1CCC(NC(=O)c2ccccc2Oc2cccnc2)CC1. The van der Waals surface area contributed by atoms with Crippen molar-refractivity contribution in [3.8, 4) is 11.5 Å². The van der Waals surface area contributed by atoms with E-state index >= 15 is 0 Å². The summed E-state index contributed by atoms with van der Waals surface area (Å²) >= 11 is 0. The lowest BCUT2D eigenvalue weighted by Gasteiger charge is -2.32. The van der Waals surface area contributed by atoms with Gasteiger partial charge in [0.1, 0.15) is 11.5 Å². The second-order valence-electron chi connectivity index (χ2n) is 6.38. The number of pyridine rings is 1. The van der Waals surface area contributed by atoms with Crippen LogP contribution in [0.5, 0.6) is 11.5 Å². The van der Waals surface area contributed by atoms with Crippen molar-refractivity contribution in [2.75, 3.05) is 19.6 Å². The van der Waals surface area contributed by atoms with Crippen LogP contribution in [0.2, 0.25) is 0 Å². The molecule has 1 aromatic heterocycles. The van der Waals surface area contributed by atoms with E-state index in [0.717, 1.165) is 32.5 Å². The summed E-state index contributed by atoms with van der Waals surface area (Å²) in [6, 6.07) is 11.2. The van der Waals surface area contributed by atoms with Crippen LogP contribution >= 0.6 is 0 Å². The zero-order valence-electron chi connectivity index (χ0n) is 14.6. The molecule has 5 heteroatoms. The first-order valence-electron chi connectivity index (χ1n) is 8.96. The molecule has 2 aromatic rings. The van der Waals surface area contributed by atoms with Gasteiger partial charge < -0.3 is 15.0 Å². The summed E-state index contributed by atoms with van der Waals surface area (Å²) in [5.74, 6) is 1.10. The van der Waals surface area contributed by atoms with E-state index < -0.39 is 0 Å². The Morgan fingerprint density at radius 3 is 2.76 bits per heavy atom. The molecule has 1 amide bonds. The smallest absolute Gasteiger partial charge is 0.255 e. The van der Waals surface area contributed by atoms with Gasteiger partial charge in [-0.2, -0.15) is 0 Å². The van der Waals surface area contributed by atoms with Crippen molar-refractivity contribution in [1.29, 1.82) is 0 Å². The zero-order chi connectivity index (χ0) is 17.5. The molecular weight excluding hydrogens is 314 g/mol. The van der Waals surface area contributed by atoms with Crippen LogP contribution in [0, 0.1) is 0 Å². The fourth-order valence-corrected chi connectivity index (χ4v) is 3.16. The lowest BCUT2D eigenvalue weighted by molar-refractivity contribution is 0.0909. The molecule has 2 heterocycles. The number of nitrogens with zero attached hydrogens (tertiary/aromatic N) is 2. The van der Waals surface area contributed by atoms with Gasteiger partial charge in [-0.25, -0.2) is 0 Å². The minimum atomic E-state index is -0.0755. The van der Waals surface area contributed by atoms with Gasteiger partial charge in [0, 0.05) is 25.3 Å². The molecule has 25 heavy (non-hydrogen) atoms. The van der Waals surface area contributed by atoms with Crippen LogP contribution in [-0.2, 0) is 0 Å². The number of piperidine rings is 1. The number of carbonyl (C=O) groups excluding carboxylic acids is 1. The van der Waals surface area contributed by atoms with Gasteiger partial charge in [0.05, 0.1) is 11.8 Å². The maximum Gasteiger partial charge on any atom is 0.255 e. The Balaban J connectivity index is 1.63. The lowest BCUT2D eigenvalue weighted by atomic mass is 10.0. The molecule has 0 bridgehead atoms. The molecule has 1 N–H and O–H groups in total. The van der Waals surface area contributed by atoms with Crippen LogP contribution in [0.25, 0.3) is 0 Å². The zero-order valence-corrected chi connectivity index (χ0v) is 14.6. The first-order valence-corrected chi connectivity index (χ1v) is 8.96. The minimum Gasteiger partial charge on any atom is -0.455 e. The Labute approximate surface area is 149 Å². The number of carbonyl (C=O) groups is 1. The van der Waals surface area contributed by atoms with E-state index in [1.54, 1.807) is 18.5 Å². The minimum absolute atomic E-state index is 0.0755. The van der Waals surface area contributed by atoms with E-state index in [4.69, 9.17) is 4.74 Å². The van der Waals surface area contributed by atoms with Crippen LogP contribution in [0.15, 0.2) is 48.8 Å². The number of para-hydroxylation sites is 1. The van der Waals surface area contributed by atoms with Crippen molar-refractivity contribution in [3.63, 3.8) is 0 Å². The van der Waals surface area contributed by atoms with E-state index in [9.17, 15) is 4.79 Å². The normalized spacial score (nSPS) is 15.7. The lowest BCUT2D eigenvalue weighted by Crippen LogP contribution is -2.44. The Kier molecular flexibility index (Phi) is 6.01. The molecule has 1 saturated heterocycles. The van der Waals surface area contributed by atoms with Gasteiger partial charge in [-0.1, -0.05) is 19.1 Å². The van der Waals surface area contributed by atoms with E-state index in [1.807, 2.05) is 30.3 Å². The molecule has 0 radical (unpaired) electrons. The van der Waals surface area contributed by atoms with E-state index in [0.29, 0.717) is 17.1 Å². The fraction of sp³-hybridized carbons (Fsp3) is 0.400. The highest BCUT2D eigenvalue weighted by Crippen LogP contribution is 2.25. The van der Waals surface area contributed by atoms with E-state index in [1.165, 1.54) is 6.42 Å². The fourth-order valence-electron chi connectivity index (χ4n) is 3.16. The third-order valence-corrected chi connectivity index (χ3v) is 4.46. The van der Waals surface area contributed by atoms with Crippen molar-refractivity contribution in [2.45, 2.75) is 32.2 Å². The molecule has 1 fully saturated rings. The summed E-state index contributed by atoms with van der Waals surface area (Å²) in [5.41, 5.74) is 0.558. The number of likely N-dealkylation sites (tertiary alicyclic amines) is 1. The molecule has 1 aliphatic rings. The van der Waals surface area contributed by atoms with Crippen molar-refractivity contribution >= 4 is 5.91 Å². The predicted octanol–water partition coefficient (Wildman–Crippen LogP) is 3.48. The van der Waals surface area contributed by atoms with Crippen molar-refractivity contribution in [1.82, 2.24) is 15.2 Å². The van der Waals surface area contributed by atoms with Crippen molar-refractivity contribution < 1.29 is 9.53 Å². The first kappa shape index (κ1) is 17.4. The number of benzene rings is 1. The maximum absolute atomic E-state index is 12.7. The quantitative estimate of drug-likeness (QED) is 0.875. The number of hydrogen-bond acceptors (Lipinski definition) is 4. The number of aromatic nitrogens is 1. The summed E-state index contributed by atoms with van der Waals surface area (Å²) in [5, 5.41) is 3.16. The van der Waals surface area contributed by atoms with Crippen LogP contribution in [0.3, 0.4) is 0 Å². The van der Waals surface area contributed by atoms with Crippen LogP contribution in [-0.4, -0.2) is 41.5 Å². The first-order chi connectivity index (χ1) is 12.3. The van der Waals surface area contributed by atoms with Gasteiger partial charge in [-0.15, -0.1) is 0 Å². The number of nitrogens with one attached hydrogen (secondary N) is 1. The number of rotatable bonds is 6. The molecular formula is C20H25N3O2. The topological polar surface area (TPSA) is 54.5 Å². The van der Waals surface area contributed by atoms with Crippen LogP contribution in [0.4, 0.5) is 0 Å². The standard InChI is InChI=1S/C20H25N3O2/c1-2-12-23-13-9-16(10-14-23)22-20(24)18-7-3-4-8-19(18)25-17-6-5-11-21-15-17/h3-8,11,15-16H,2,9-10,12-14H2,1H3,(H,22,24). The molecule has 5 nitrogen and oxygen atoms in total. The van der Waals surface area contributed by atoms with Crippen molar-refractivity contribution in [3.05, 3.63) is 54.4 Å². The monoisotopic (exact) mass is 339 g/mol. The second-order valence-corrected chi connectivity index (χ2v) is 6.38. The highest BCUT2D eigenvalue weighted by Gasteiger charge is 2.22. The Morgan fingerprint density at radius 2 is 2.04 bits per heavy atom. The molecule has 0 unspecified atom stereocenters. The van der Waals surface area contributed by atoms with Gasteiger partial charge >= 0.3 is 0 Å². The molecule has 0 spiro atoms. The average Bonchev–Trinajstić information content (AvgIpc) is 2.65. The van der Waals surface area contributed by atoms with Crippen LogP contribution in [0.1, 0.15) is 36.5 Å².